The summed E-state index contributed by atoms with van der Waals surface area (Å²) >= 11 is 6.04. The fraction of sp³-hybridized carbons (Fsp3) is 0.150. The van der Waals surface area contributed by atoms with Crippen LogP contribution >= 0.6 is 11.6 Å². The number of aryl methyl sites for hydroxylation is 1. The van der Waals surface area contributed by atoms with Crippen molar-refractivity contribution in [2.75, 3.05) is 13.7 Å². The fourth-order valence-corrected chi connectivity index (χ4v) is 2.79. The molecule has 3 aromatic rings. The van der Waals surface area contributed by atoms with Gasteiger partial charge < -0.3 is 14.6 Å². The van der Waals surface area contributed by atoms with E-state index in [9.17, 15) is 9.59 Å². The number of rotatable bonds is 6. The molecule has 0 spiro atoms. The molecule has 6 nitrogen and oxygen atoms in total. The summed E-state index contributed by atoms with van der Waals surface area (Å²) in [5, 5.41) is 7.67. The molecule has 1 N–H and O–H groups in total. The van der Waals surface area contributed by atoms with E-state index in [1.807, 2.05) is 0 Å². The minimum absolute atomic E-state index is 0.109. The van der Waals surface area contributed by atoms with E-state index in [4.69, 9.17) is 20.9 Å². The molecule has 0 aliphatic rings. The van der Waals surface area contributed by atoms with Crippen molar-refractivity contribution in [1.82, 2.24) is 10.5 Å². The number of fused-ring (bicyclic) bond motifs is 1. The zero-order valence-corrected chi connectivity index (χ0v) is 15.5. The Balaban J connectivity index is 1.60. The van der Waals surface area contributed by atoms with Crippen molar-refractivity contribution >= 4 is 40.3 Å². The molecule has 0 aliphatic carbocycles. The van der Waals surface area contributed by atoms with Crippen molar-refractivity contribution < 1.29 is 18.8 Å². The lowest BCUT2D eigenvalue weighted by atomic mass is 10.1. The predicted molar refractivity (Wildman–Crippen MR) is 103 cm³/mol. The van der Waals surface area contributed by atoms with E-state index in [0.717, 1.165) is 10.9 Å². The second-order valence-corrected chi connectivity index (χ2v) is 6.25. The Morgan fingerprint density at radius 2 is 2.07 bits per heavy atom. The van der Waals surface area contributed by atoms with Crippen LogP contribution in [0.3, 0.4) is 0 Å². The highest BCUT2D eigenvalue weighted by molar-refractivity contribution is 6.32. The topological polar surface area (TPSA) is 81.4 Å². The van der Waals surface area contributed by atoms with Gasteiger partial charge in [0.15, 0.2) is 11.4 Å². The largest absolute Gasteiger partial charge is 0.495 e. The van der Waals surface area contributed by atoms with Crippen LogP contribution in [0.5, 0.6) is 5.75 Å². The summed E-state index contributed by atoms with van der Waals surface area (Å²) in [6, 6.07) is 10.2. The van der Waals surface area contributed by atoms with E-state index in [-0.39, 0.29) is 18.2 Å². The Bertz CT molecular complexity index is 1040. The predicted octanol–water partition coefficient (Wildman–Crippen LogP) is 3.81. The smallest absolute Gasteiger partial charge is 0.244 e. The molecule has 1 aromatic heterocycles. The monoisotopic (exact) mass is 384 g/mol. The van der Waals surface area contributed by atoms with Crippen LogP contribution in [0, 0.1) is 6.92 Å². The Labute approximate surface area is 160 Å². The number of carbonyl (C=O) groups excluding carboxylic acids is 2. The molecule has 0 bridgehead atoms. The molecule has 1 heterocycles. The van der Waals surface area contributed by atoms with Gasteiger partial charge in [0.2, 0.25) is 5.91 Å². The number of Topliss-reactive ketones (excluding diaryl/α,β-unsaturated/α-hetero) is 1. The van der Waals surface area contributed by atoms with Crippen molar-refractivity contribution in [2.45, 2.75) is 6.92 Å². The van der Waals surface area contributed by atoms with Crippen LogP contribution in [-0.2, 0) is 4.79 Å². The average molecular weight is 385 g/mol. The number of ketones is 1. The van der Waals surface area contributed by atoms with Crippen LogP contribution in [-0.4, -0.2) is 30.5 Å². The maximum Gasteiger partial charge on any atom is 0.244 e. The number of amides is 1. The Kier molecular flexibility index (Phi) is 5.57. The molecule has 0 atom stereocenters. The quantitative estimate of drug-likeness (QED) is 0.516. The Morgan fingerprint density at radius 3 is 2.81 bits per heavy atom. The minimum Gasteiger partial charge on any atom is -0.495 e. The third-order valence-corrected chi connectivity index (χ3v) is 4.29. The molecule has 0 radical (unpaired) electrons. The minimum atomic E-state index is -0.377. The van der Waals surface area contributed by atoms with Crippen LogP contribution in [0.2, 0.25) is 5.02 Å². The Morgan fingerprint density at radius 1 is 1.26 bits per heavy atom. The summed E-state index contributed by atoms with van der Waals surface area (Å²) in [7, 11) is 1.53. The number of nitrogens with zero attached hydrogens (tertiary/aromatic N) is 1. The summed E-state index contributed by atoms with van der Waals surface area (Å²) in [5.41, 5.74) is 2.56. The average Bonchev–Trinajstić information content (AvgIpc) is 3.05. The van der Waals surface area contributed by atoms with Crippen molar-refractivity contribution in [3.8, 4) is 5.75 Å². The van der Waals surface area contributed by atoms with Gasteiger partial charge in [0.1, 0.15) is 5.75 Å². The van der Waals surface area contributed by atoms with Crippen LogP contribution in [0.4, 0.5) is 0 Å². The first-order valence-electron chi connectivity index (χ1n) is 8.16. The zero-order valence-electron chi connectivity index (χ0n) is 14.8. The van der Waals surface area contributed by atoms with Crippen molar-refractivity contribution in [2.24, 2.45) is 0 Å². The van der Waals surface area contributed by atoms with Crippen LogP contribution in [0.15, 0.2) is 47.0 Å². The van der Waals surface area contributed by atoms with E-state index in [0.29, 0.717) is 27.6 Å². The maximum absolute atomic E-state index is 12.3. The lowest BCUT2D eigenvalue weighted by Crippen LogP contribution is -2.27. The highest BCUT2D eigenvalue weighted by Gasteiger charge is 2.11. The van der Waals surface area contributed by atoms with Gasteiger partial charge in [-0.2, -0.15) is 0 Å². The van der Waals surface area contributed by atoms with E-state index >= 15 is 0 Å². The number of aromatic nitrogens is 1. The van der Waals surface area contributed by atoms with Gasteiger partial charge in [0.05, 0.1) is 24.4 Å². The molecule has 0 saturated carbocycles. The molecule has 1 amide bonds. The number of methoxy groups -OCH3 is 1. The van der Waals surface area contributed by atoms with Crippen molar-refractivity contribution in [3.05, 3.63) is 64.3 Å². The molecule has 2 aromatic carbocycles. The van der Waals surface area contributed by atoms with Crippen molar-refractivity contribution in [1.29, 1.82) is 0 Å². The van der Waals surface area contributed by atoms with E-state index in [2.05, 4.69) is 10.5 Å². The molecule has 138 valence electrons. The highest BCUT2D eigenvalue weighted by Crippen LogP contribution is 2.25. The number of halogens is 1. The first-order chi connectivity index (χ1) is 13.0. The van der Waals surface area contributed by atoms with Crippen LogP contribution in [0.1, 0.15) is 21.6 Å². The van der Waals surface area contributed by atoms with Gasteiger partial charge in [-0.3, -0.25) is 9.59 Å². The lowest BCUT2D eigenvalue weighted by Gasteiger charge is -2.04. The second-order valence-electron chi connectivity index (χ2n) is 5.85. The number of hydrogen-bond acceptors (Lipinski definition) is 5. The lowest BCUT2D eigenvalue weighted by molar-refractivity contribution is -0.116. The summed E-state index contributed by atoms with van der Waals surface area (Å²) in [6.45, 7) is 1.69. The fourth-order valence-electron chi connectivity index (χ4n) is 2.52. The molecular formula is C20H17ClN2O4. The van der Waals surface area contributed by atoms with Gasteiger partial charge in [-0.15, -0.1) is 0 Å². The number of hydrogen-bond donors (Lipinski definition) is 1. The zero-order chi connectivity index (χ0) is 19.4. The summed E-state index contributed by atoms with van der Waals surface area (Å²) in [4.78, 5) is 24.2. The number of carbonyl (C=O) groups is 2. The molecule has 3 rings (SSSR count). The summed E-state index contributed by atoms with van der Waals surface area (Å²) in [6.07, 6.45) is 2.95. The summed E-state index contributed by atoms with van der Waals surface area (Å²) < 4.78 is 10.2. The molecule has 7 heteroatoms. The molecule has 0 aliphatic heterocycles. The molecule has 0 saturated heterocycles. The normalized spacial score (nSPS) is 11.1. The molecule has 27 heavy (non-hydrogen) atoms. The third-order valence-electron chi connectivity index (χ3n) is 4.00. The van der Waals surface area contributed by atoms with Gasteiger partial charge >= 0.3 is 0 Å². The second kappa shape index (κ2) is 8.05. The maximum atomic E-state index is 12.3. The van der Waals surface area contributed by atoms with E-state index in [1.165, 1.54) is 13.2 Å². The molecule has 0 fully saturated rings. The molecular weight excluding hydrogens is 368 g/mol. The van der Waals surface area contributed by atoms with Crippen LogP contribution < -0.4 is 10.1 Å². The first-order valence-corrected chi connectivity index (χ1v) is 8.54. The summed E-state index contributed by atoms with van der Waals surface area (Å²) in [5.74, 6) is -0.0202. The van der Waals surface area contributed by atoms with Gasteiger partial charge in [-0.05, 0) is 48.9 Å². The van der Waals surface area contributed by atoms with Gasteiger partial charge in [0, 0.05) is 17.0 Å². The Hall–Kier alpha value is -3.12. The first kappa shape index (κ1) is 18.7. The van der Waals surface area contributed by atoms with E-state index in [1.54, 1.807) is 49.4 Å². The van der Waals surface area contributed by atoms with E-state index < -0.39 is 0 Å². The number of nitrogens with one attached hydrogen (secondary N) is 1. The standard InChI is InChI=1S/C20H17ClN2O4/c1-12-15-10-14(5-7-18(15)27-23-12)17(24)11-22-20(25)8-4-13-3-6-19(26-2)16(21)9-13/h3-10H,11H2,1-2H3,(H,22,25). The highest BCUT2D eigenvalue weighted by atomic mass is 35.5. The molecule has 0 unspecified atom stereocenters. The van der Waals surface area contributed by atoms with Gasteiger partial charge in [-0.1, -0.05) is 22.8 Å². The van der Waals surface area contributed by atoms with Gasteiger partial charge in [0.25, 0.3) is 0 Å². The number of benzene rings is 2. The third kappa shape index (κ3) is 4.35. The van der Waals surface area contributed by atoms with Crippen LogP contribution in [0.25, 0.3) is 17.0 Å². The van der Waals surface area contributed by atoms with Crippen molar-refractivity contribution in [3.63, 3.8) is 0 Å². The SMILES string of the molecule is COc1ccc(C=CC(=O)NCC(=O)c2ccc3onc(C)c3c2)cc1Cl. The number of ether oxygens (including phenoxy) is 1. The van der Waals surface area contributed by atoms with Gasteiger partial charge in [-0.25, -0.2) is 0 Å².